The lowest BCUT2D eigenvalue weighted by atomic mass is 9.91. The van der Waals surface area contributed by atoms with E-state index in [1.54, 1.807) is 0 Å². The molecule has 130 valence electrons. The van der Waals surface area contributed by atoms with Gasteiger partial charge in [0, 0.05) is 0 Å². The molecule has 0 nitrogen and oxygen atoms in total. The van der Waals surface area contributed by atoms with Gasteiger partial charge in [-0.25, -0.2) is 0 Å². The third kappa shape index (κ3) is 2.18. The van der Waals surface area contributed by atoms with Crippen LogP contribution >= 0.6 is 0 Å². The second-order valence-corrected chi connectivity index (χ2v) is 7.38. The first-order valence-corrected chi connectivity index (χ1v) is 9.71. The maximum Gasteiger partial charge on any atom is -0.00259 e. The van der Waals surface area contributed by atoms with Crippen LogP contribution in [0.25, 0.3) is 55.3 Å². The zero-order chi connectivity index (χ0) is 18.5. The summed E-state index contributed by atoms with van der Waals surface area (Å²) in [6, 6.07) is 39.5. The normalized spacial score (nSPS) is 11.6. The molecule has 0 fully saturated rings. The van der Waals surface area contributed by atoms with E-state index in [0.29, 0.717) is 0 Å². The molecule has 0 heterocycles. The molecule has 0 bridgehead atoms. The van der Waals surface area contributed by atoms with E-state index in [0.717, 1.165) is 0 Å². The summed E-state index contributed by atoms with van der Waals surface area (Å²) in [7, 11) is 0. The highest BCUT2D eigenvalue weighted by Crippen LogP contribution is 2.49. The summed E-state index contributed by atoms with van der Waals surface area (Å²) in [6.07, 6.45) is 0. The fourth-order valence-electron chi connectivity index (χ4n) is 4.58. The summed E-state index contributed by atoms with van der Waals surface area (Å²) >= 11 is 0. The minimum atomic E-state index is 1.25. The molecular weight excluding hydrogens is 336 g/mol. The molecule has 0 heteroatoms. The van der Waals surface area contributed by atoms with Crippen LogP contribution in [0.5, 0.6) is 0 Å². The number of benzene rings is 5. The standard InChI is InChI=1S/C28H18/c1-2-9-19(10-3-1)22-12-4-5-13-23(22)21-17-20-11-8-16-26-24-14-6-7-15-25(24)27(18-21)28(20)26/h1-18H. The number of hydrogen-bond donors (Lipinski definition) is 0. The lowest BCUT2D eigenvalue weighted by molar-refractivity contribution is 1.59. The smallest absolute Gasteiger partial charge is 0.00259 e. The molecule has 1 aliphatic rings. The van der Waals surface area contributed by atoms with Gasteiger partial charge in [-0.2, -0.15) is 0 Å². The molecule has 0 aromatic heterocycles. The molecule has 5 aromatic carbocycles. The Morgan fingerprint density at radius 2 is 0.893 bits per heavy atom. The van der Waals surface area contributed by atoms with Crippen molar-refractivity contribution >= 4 is 10.8 Å². The van der Waals surface area contributed by atoms with Gasteiger partial charge in [0.1, 0.15) is 0 Å². The maximum atomic E-state index is 2.37. The summed E-state index contributed by atoms with van der Waals surface area (Å²) in [5, 5.41) is 2.69. The first-order valence-electron chi connectivity index (χ1n) is 9.71. The minimum absolute atomic E-state index is 1.25. The van der Waals surface area contributed by atoms with Crippen LogP contribution in [0, 0.1) is 0 Å². The minimum Gasteiger partial charge on any atom is -0.0622 e. The third-order valence-electron chi connectivity index (χ3n) is 5.81. The summed E-state index contributed by atoms with van der Waals surface area (Å²) in [5.74, 6) is 0. The molecule has 0 saturated carbocycles. The Bertz CT molecular complexity index is 1340. The van der Waals surface area contributed by atoms with Crippen LogP contribution in [0.2, 0.25) is 0 Å². The summed E-state index contributed by atoms with van der Waals surface area (Å²) in [5.41, 5.74) is 10.5. The van der Waals surface area contributed by atoms with Crippen LogP contribution in [0.15, 0.2) is 109 Å². The molecular formula is C28H18. The highest BCUT2D eigenvalue weighted by Gasteiger charge is 2.22. The van der Waals surface area contributed by atoms with E-state index in [1.807, 2.05) is 0 Å². The molecule has 5 aromatic rings. The van der Waals surface area contributed by atoms with Crippen molar-refractivity contribution in [1.29, 1.82) is 0 Å². The molecule has 0 radical (unpaired) electrons. The predicted molar refractivity (Wildman–Crippen MR) is 119 cm³/mol. The van der Waals surface area contributed by atoms with Crippen LogP contribution in [0.3, 0.4) is 0 Å². The van der Waals surface area contributed by atoms with Crippen molar-refractivity contribution in [2.75, 3.05) is 0 Å². The van der Waals surface area contributed by atoms with Crippen LogP contribution in [-0.4, -0.2) is 0 Å². The molecule has 0 unspecified atom stereocenters. The van der Waals surface area contributed by atoms with Gasteiger partial charge in [0.25, 0.3) is 0 Å². The Labute approximate surface area is 164 Å². The molecule has 0 spiro atoms. The van der Waals surface area contributed by atoms with Crippen LogP contribution in [0.1, 0.15) is 0 Å². The topological polar surface area (TPSA) is 0 Å². The van der Waals surface area contributed by atoms with Crippen molar-refractivity contribution in [3.8, 4) is 44.5 Å². The van der Waals surface area contributed by atoms with Crippen LogP contribution < -0.4 is 0 Å². The number of hydrogen-bond acceptors (Lipinski definition) is 0. The van der Waals surface area contributed by atoms with Crippen LogP contribution in [0.4, 0.5) is 0 Å². The van der Waals surface area contributed by atoms with Gasteiger partial charge in [-0.15, -0.1) is 0 Å². The molecule has 0 atom stereocenters. The van der Waals surface area contributed by atoms with Crippen molar-refractivity contribution in [1.82, 2.24) is 0 Å². The zero-order valence-electron chi connectivity index (χ0n) is 15.4. The fourth-order valence-corrected chi connectivity index (χ4v) is 4.58. The lowest BCUT2D eigenvalue weighted by Crippen LogP contribution is -1.86. The number of fused-ring (bicyclic) bond motifs is 3. The van der Waals surface area contributed by atoms with E-state index >= 15 is 0 Å². The van der Waals surface area contributed by atoms with Crippen molar-refractivity contribution in [3.63, 3.8) is 0 Å². The zero-order valence-corrected chi connectivity index (χ0v) is 15.4. The average molecular weight is 354 g/mol. The van der Waals surface area contributed by atoms with Gasteiger partial charge in [-0.3, -0.25) is 0 Å². The molecule has 0 aliphatic heterocycles. The fraction of sp³-hybridized carbons (Fsp3) is 0. The van der Waals surface area contributed by atoms with Crippen molar-refractivity contribution in [2.45, 2.75) is 0 Å². The molecule has 0 saturated heterocycles. The molecule has 0 amide bonds. The van der Waals surface area contributed by atoms with Gasteiger partial charge in [-0.1, -0.05) is 97.1 Å². The van der Waals surface area contributed by atoms with E-state index in [4.69, 9.17) is 0 Å². The Balaban J connectivity index is 1.66. The summed E-state index contributed by atoms with van der Waals surface area (Å²) in [6.45, 7) is 0. The first-order chi connectivity index (χ1) is 13.9. The Morgan fingerprint density at radius 1 is 0.321 bits per heavy atom. The molecule has 28 heavy (non-hydrogen) atoms. The molecule has 6 rings (SSSR count). The third-order valence-corrected chi connectivity index (χ3v) is 5.81. The Kier molecular flexibility index (Phi) is 3.27. The first kappa shape index (κ1) is 15.4. The van der Waals surface area contributed by atoms with Crippen molar-refractivity contribution in [2.24, 2.45) is 0 Å². The number of rotatable bonds is 2. The van der Waals surface area contributed by atoms with Gasteiger partial charge in [-0.05, 0) is 67.4 Å². The Morgan fingerprint density at radius 3 is 1.64 bits per heavy atom. The van der Waals surface area contributed by atoms with E-state index in [2.05, 4.69) is 109 Å². The van der Waals surface area contributed by atoms with Crippen molar-refractivity contribution in [3.05, 3.63) is 109 Å². The second-order valence-electron chi connectivity index (χ2n) is 7.38. The summed E-state index contributed by atoms with van der Waals surface area (Å²) in [4.78, 5) is 0. The van der Waals surface area contributed by atoms with Gasteiger partial charge in [0.2, 0.25) is 0 Å². The highest BCUT2D eigenvalue weighted by atomic mass is 14.2. The predicted octanol–water partition coefficient (Wildman–Crippen LogP) is 7.82. The molecule has 1 aliphatic carbocycles. The second kappa shape index (κ2) is 5.94. The van der Waals surface area contributed by atoms with E-state index in [1.165, 1.54) is 55.3 Å². The summed E-state index contributed by atoms with van der Waals surface area (Å²) < 4.78 is 0. The highest BCUT2D eigenvalue weighted by molar-refractivity contribution is 6.16. The Hall–Kier alpha value is -3.64. The largest absolute Gasteiger partial charge is 0.0622 e. The van der Waals surface area contributed by atoms with Gasteiger partial charge in [0.05, 0.1) is 0 Å². The average Bonchev–Trinajstić information content (AvgIpc) is 3.10. The maximum absolute atomic E-state index is 2.37. The quantitative estimate of drug-likeness (QED) is 0.297. The monoisotopic (exact) mass is 354 g/mol. The van der Waals surface area contributed by atoms with E-state index in [9.17, 15) is 0 Å². The van der Waals surface area contributed by atoms with Gasteiger partial charge in [0.15, 0.2) is 0 Å². The molecule has 0 N–H and O–H groups in total. The van der Waals surface area contributed by atoms with Crippen LogP contribution in [-0.2, 0) is 0 Å². The SMILES string of the molecule is c1ccc(-c2ccccc2-c2cc3c4c(cccc4c2)-c2ccccc2-3)cc1. The van der Waals surface area contributed by atoms with Gasteiger partial charge < -0.3 is 0 Å². The van der Waals surface area contributed by atoms with E-state index < -0.39 is 0 Å². The van der Waals surface area contributed by atoms with Gasteiger partial charge >= 0.3 is 0 Å². The van der Waals surface area contributed by atoms with Crippen molar-refractivity contribution < 1.29 is 0 Å². The lowest BCUT2D eigenvalue weighted by Gasteiger charge is -2.13. The van der Waals surface area contributed by atoms with E-state index in [-0.39, 0.29) is 0 Å².